The first-order chi connectivity index (χ1) is 7.19. The lowest BCUT2D eigenvalue weighted by Crippen LogP contribution is -2.51. The van der Waals surface area contributed by atoms with E-state index >= 15 is 0 Å². The van der Waals surface area contributed by atoms with Gasteiger partial charge >= 0.3 is 6.18 Å². The van der Waals surface area contributed by atoms with Crippen molar-refractivity contribution in [3.63, 3.8) is 0 Å². The first kappa shape index (κ1) is 15.2. The fourth-order valence-electron chi connectivity index (χ4n) is 1.54. The first-order valence-corrected chi connectivity index (χ1v) is 4.96. The number of nitrogens with zero attached hydrogens (tertiary/aromatic N) is 1. The van der Waals surface area contributed by atoms with Crippen LogP contribution in [0.25, 0.3) is 0 Å². The van der Waals surface area contributed by atoms with Crippen LogP contribution in [-0.4, -0.2) is 36.6 Å². The zero-order valence-corrected chi connectivity index (χ0v) is 9.64. The molecule has 0 aliphatic carbocycles. The van der Waals surface area contributed by atoms with E-state index < -0.39 is 24.5 Å². The number of hydrazine groups is 1. The van der Waals surface area contributed by atoms with Gasteiger partial charge in [-0.3, -0.25) is 15.1 Å². The fourth-order valence-corrected chi connectivity index (χ4v) is 1.54. The average molecular weight is 241 g/mol. The van der Waals surface area contributed by atoms with Crippen LogP contribution in [0.15, 0.2) is 0 Å². The van der Waals surface area contributed by atoms with Gasteiger partial charge in [-0.15, -0.1) is 0 Å². The average Bonchev–Trinajstić information content (AvgIpc) is 2.13. The SMILES string of the molecule is CC(C)C(C(=O)NN)N(C)CCC(F)(F)F. The number of amides is 1. The van der Waals surface area contributed by atoms with E-state index in [-0.39, 0.29) is 12.5 Å². The van der Waals surface area contributed by atoms with Crippen LogP contribution >= 0.6 is 0 Å². The molecule has 0 rings (SSSR count). The molecule has 3 N–H and O–H groups in total. The molecule has 0 radical (unpaired) electrons. The predicted octanol–water partition coefficient (Wildman–Crippen LogP) is 0.885. The number of alkyl halides is 3. The minimum absolute atomic E-state index is 0.109. The van der Waals surface area contributed by atoms with E-state index in [1.54, 1.807) is 13.8 Å². The van der Waals surface area contributed by atoms with E-state index in [4.69, 9.17) is 5.84 Å². The van der Waals surface area contributed by atoms with Gasteiger partial charge in [0.2, 0.25) is 0 Å². The lowest BCUT2D eigenvalue weighted by molar-refractivity contribution is -0.142. The highest BCUT2D eigenvalue weighted by Crippen LogP contribution is 2.20. The molecular formula is C9H18F3N3O. The summed E-state index contributed by atoms with van der Waals surface area (Å²) in [6, 6.07) is -0.646. The van der Waals surface area contributed by atoms with E-state index in [1.165, 1.54) is 11.9 Å². The number of hydrogen-bond acceptors (Lipinski definition) is 3. The highest BCUT2D eigenvalue weighted by molar-refractivity contribution is 5.81. The van der Waals surface area contributed by atoms with Gasteiger partial charge in [0.1, 0.15) is 0 Å². The second kappa shape index (κ2) is 6.05. The van der Waals surface area contributed by atoms with Crippen molar-refractivity contribution in [3.8, 4) is 0 Å². The van der Waals surface area contributed by atoms with Gasteiger partial charge in [0.05, 0.1) is 12.5 Å². The molecule has 0 aromatic rings. The van der Waals surface area contributed by atoms with E-state index in [0.717, 1.165) is 0 Å². The lowest BCUT2D eigenvalue weighted by Gasteiger charge is -2.29. The monoisotopic (exact) mass is 241 g/mol. The number of nitrogens with two attached hydrogens (primary N) is 1. The molecule has 0 spiro atoms. The van der Waals surface area contributed by atoms with Gasteiger partial charge in [-0.1, -0.05) is 13.8 Å². The van der Waals surface area contributed by atoms with Gasteiger partial charge in [0.25, 0.3) is 5.91 Å². The van der Waals surface area contributed by atoms with Gasteiger partial charge < -0.3 is 0 Å². The maximum atomic E-state index is 12.0. The fraction of sp³-hybridized carbons (Fsp3) is 0.889. The summed E-state index contributed by atoms with van der Waals surface area (Å²) >= 11 is 0. The molecule has 0 aliphatic heterocycles. The Morgan fingerprint density at radius 3 is 2.25 bits per heavy atom. The van der Waals surface area contributed by atoms with Crippen molar-refractivity contribution in [2.24, 2.45) is 11.8 Å². The Hall–Kier alpha value is -0.820. The molecule has 96 valence electrons. The summed E-state index contributed by atoms with van der Waals surface area (Å²) in [5.74, 6) is 4.40. The molecule has 1 unspecified atom stereocenters. The van der Waals surface area contributed by atoms with Gasteiger partial charge in [0, 0.05) is 6.54 Å². The summed E-state index contributed by atoms with van der Waals surface area (Å²) in [4.78, 5) is 12.7. The quantitative estimate of drug-likeness (QED) is 0.427. The van der Waals surface area contributed by atoms with Crippen molar-refractivity contribution in [3.05, 3.63) is 0 Å². The van der Waals surface area contributed by atoms with Crippen LogP contribution in [0.3, 0.4) is 0 Å². The second-order valence-corrected chi connectivity index (χ2v) is 4.04. The van der Waals surface area contributed by atoms with Gasteiger partial charge in [-0.25, -0.2) is 5.84 Å². The smallest absolute Gasteiger partial charge is 0.294 e. The molecule has 0 fully saturated rings. The number of carbonyl (C=O) groups excluding carboxylic acids is 1. The summed E-state index contributed by atoms with van der Waals surface area (Å²) in [7, 11) is 1.48. The molecule has 0 bridgehead atoms. The molecule has 16 heavy (non-hydrogen) atoms. The molecule has 0 aromatic carbocycles. The Morgan fingerprint density at radius 1 is 1.44 bits per heavy atom. The molecule has 0 aromatic heterocycles. The topological polar surface area (TPSA) is 58.4 Å². The summed E-state index contributed by atoms with van der Waals surface area (Å²) in [5.41, 5.74) is 1.96. The van der Waals surface area contributed by atoms with Crippen molar-refractivity contribution < 1.29 is 18.0 Å². The summed E-state index contributed by atoms with van der Waals surface area (Å²) in [6.07, 6.45) is -5.15. The molecule has 0 saturated carbocycles. The van der Waals surface area contributed by atoms with Crippen LogP contribution in [0, 0.1) is 5.92 Å². The van der Waals surface area contributed by atoms with Crippen LogP contribution in [0.4, 0.5) is 13.2 Å². The highest BCUT2D eigenvalue weighted by Gasteiger charge is 2.31. The van der Waals surface area contributed by atoms with Crippen molar-refractivity contribution in [2.45, 2.75) is 32.5 Å². The number of hydrogen-bond donors (Lipinski definition) is 2. The molecular weight excluding hydrogens is 223 g/mol. The van der Waals surface area contributed by atoms with E-state index in [2.05, 4.69) is 0 Å². The molecule has 1 atom stereocenters. The molecule has 7 heteroatoms. The van der Waals surface area contributed by atoms with E-state index in [9.17, 15) is 18.0 Å². The van der Waals surface area contributed by atoms with Crippen LogP contribution in [0.5, 0.6) is 0 Å². The molecule has 1 amide bonds. The largest absolute Gasteiger partial charge is 0.390 e. The number of carbonyl (C=O) groups is 1. The van der Waals surface area contributed by atoms with Gasteiger partial charge in [-0.2, -0.15) is 13.2 Å². The predicted molar refractivity (Wildman–Crippen MR) is 54.3 cm³/mol. The summed E-state index contributed by atoms with van der Waals surface area (Å²) in [6.45, 7) is 3.29. The van der Waals surface area contributed by atoms with E-state index in [1.807, 2.05) is 5.43 Å². The standard InChI is InChI=1S/C9H18F3N3O/c1-6(2)7(8(16)14-13)15(3)5-4-9(10,11)12/h6-7H,4-5,13H2,1-3H3,(H,14,16). The second-order valence-electron chi connectivity index (χ2n) is 4.04. The normalized spacial score (nSPS) is 14.3. The Kier molecular flexibility index (Phi) is 5.74. The maximum absolute atomic E-state index is 12.0. The van der Waals surface area contributed by atoms with Gasteiger partial charge in [-0.05, 0) is 13.0 Å². The molecule has 4 nitrogen and oxygen atoms in total. The van der Waals surface area contributed by atoms with Crippen molar-refractivity contribution in [1.82, 2.24) is 10.3 Å². The Morgan fingerprint density at radius 2 is 1.94 bits per heavy atom. The Labute approximate surface area is 92.9 Å². The summed E-state index contributed by atoms with van der Waals surface area (Å²) < 4.78 is 36.0. The van der Waals surface area contributed by atoms with Crippen LogP contribution in [0.1, 0.15) is 20.3 Å². The zero-order valence-electron chi connectivity index (χ0n) is 9.64. The molecule has 0 heterocycles. The first-order valence-electron chi connectivity index (χ1n) is 4.96. The zero-order chi connectivity index (χ0) is 12.9. The molecule has 0 saturated heterocycles. The van der Waals surface area contributed by atoms with Crippen LogP contribution < -0.4 is 11.3 Å². The van der Waals surface area contributed by atoms with Crippen LogP contribution in [-0.2, 0) is 4.79 Å². The molecule has 0 aliphatic rings. The number of halogens is 3. The van der Waals surface area contributed by atoms with E-state index in [0.29, 0.717) is 0 Å². The van der Waals surface area contributed by atoms with Crippen molar-refractivity contribution in [1.29, 1.82) is 0 Å². The third kappa shape index (κ3) is 5.32. The van der Waals surface area contributed by atoms with Crippen molar-refractivity contribution in [2.75, 3.05) is 13.6 Å². The van der Waals surface area contributed by atoms with Crippen LogP contribution in [0.2, 0.25) is 0 Å². The lowest BCUT2D eigenvalue weighted by atomic mass is 10.0. The highest BCUT2D eigenvalue weighted by atomic mass is 19.4. The number of rotatable bonds is 5. The van der Waals surface area contributed by atoms with Gasteiger partial charge in [0.15, 0.2) is 0 Å². The Balaban J connectivity index is 4.40. The maximum Gasteiger partial charge on any atom is 0.390 e. The minimum atomic E-state index is -4.21. The summed E-state index contributed by atoms with van der Waals surface area (Å²) in [5, 5.41) is 0. The number of likely N-dealkylation sites (N-methyl/N-ethyl adjacent to an activating group) is 1. The number of nitrogens with one attached hydrogen (secondary N) is 1. The van der Waals surface area contributed by atoms with Crippen molar-refractivity contribution >= 4 is 5.91 Å². The third-order valence-corrected chi connectivity index (χ3v) is 2.27. The third-order valence-electron chi connectivity index (χ3n) is 2.27. The Bertz CT molecular complexity index is 231. The minimum Gasteiger partial charge on any atom is -0.294 e.